The molecule has 0 aliphatic heterocycles. The summed E-state index contributed by atoms with van der Waals surface area (Å²) < 4.78 is 16.9. The lowest BCUT2D eigenvalue weighted by Gasteiger charge is -2.18. The van der Waals surface area contributed by atoms with E-state index in [0.717, 1.165) is 135 Å². The smallest absolute Gasteiger partial charge is 0.306 e. The van der Waals surface area contributed by atoms with Crippen LogP contribution in [0.4, 0.5) is 0 Å². The van der Waals surface area contributed by atoms with Gasteiger partial charge in [-0.3, -0.25) is 14.4 Å². The highest BCUT2D eigenvalue weighted by Crippen LogP contribution is 2.16. The van der Waals surface area contributed by atoms with Crippen molar-refractivity contribution in [1.29, 1.82) is 0 Å². The van der Waals surface area contributed by atoms with Crippen LogP contribution in [0.2, 0.25) is 0 Å². The molecule has 0 heterocycles. The molecule has 0 aliphatic carbocycles. The van der Waals surface area contributed by atoms with Gasteiger partial charge in [-0.05, 0) is 135 Å². The molecule has 81 heavy (non-hydrogen) atoms. The average molecular weight is 1120 g/mol. The Labute approximate surface area is 501 Å². The molecule has 0 fully saturated rings. The van der Waals surface area contributed by atoms with Gasteiger partial charge in [-0.15, -0.1) is 0 Å². The first-order chi connectivity index (χ1) is 40.0. The second-order valence-corrected chi connectivity index (χ2v) is 22.3. The third-order valence-corrected chi connectivity index (χ3v) is 14.4. The molecule has 0 aliphatic rings. The molecule has 0 amide bonds. The molecule has 1 atom stereocenters. The lowest BCUT2D eigenvalue weighted by Crippen LogP contribution is -2.30. The molecule has 1 unspecified atom stereocenters. The SMILES string of the molecule is CC/C=C\C/C=C\C/C=C\C/C=C\C/C=C\C/C=C\C/C=C\CCCCCCCCCC(=O)OCC(COC(=O)CCCCCCC/C=C\C/C=C\CCCCC)OC(=O)CCCCCCCCCCC/C=C\CCCCCCCC. The van der Waals surface area contributed by atoms with Crippen LogP contribution < -0.4 is 0 Å². The van der Waals surface area contributed by atoms with Crippen LogP contribution in [0.3, 0.4) is 0 Å². The van der Waals surface area contributed by atoms with Gasteiger partial charge in [-0.1, -0.05) is 284 Å². The predicted molar refractivity (Wildman–Crippen MR) is 353 cm³/mol. The summed E-state index contributed by atoms with van der Waals surface area (Å²) in [7, 11) is 0. The van der Waals surface area contributed by atoms with Crippen LogP contribution in [0.5, 0.6) is 0 Å². The highest BCUT2D eigenvalue weighted by Gasteiger charge is 2.19. The van der Waals surface area contributed by atoms with E-state index in [4.69, 9.17) is 14.2 Å². The molecule has 0 saturated carbocycles. The van der Waals surface area contributed by atoms with E-state index in [-0.39, 0.29) is 31.1 Å². The molecule has 0 aromatic rings. The zero-order valence-electron chi connectivity index (χ0n) is 53.0. The average Bonchev–Trinajstić information content (AvgIpc) is 3.47. The van der Waals surface area contributed by atoms with Gasteiger partial charge in [0, 0.05) is 19.3 Å². The van der Waals surface area contributed by atoms with Gasteiger partial charge in [0.25, 0.3) is 0 Å². The molecule has 0 aromatic carbocycles. The second kappa shape index (κ2) is 68.3. The van der Waals surface area contributed by atoms with Gasteiger partial charge in [-0.2, -0.15) is 0 Å². The fourth-order valence-corrected chi connectivity index (χ4v) is 9.33. The third kappa shape index (κ3) is 66.5. The van der Waals surface area contributed by atoms with Gasteiger partial charge in [0.2, 0.25) is 0 Å². The summed E-state index contributed by atoms with van der Waals surface area (Å²) >= 11 is 0. The van der Waals surface area contributed by atoms with E-state index in [1.807, 2.05) is 0 Å². The standard InChI is InChI=1S/C75H126O6/c1-4-7-10-13-16-19-22-25-28-30-32-33-34-35-36-37-38-39-40-41-43-44-47-50-53-56-59-62-65-68-74(77)80-71-72(70-79-73(76)67-64-61-58-55-52-49-46-27-24-21-18-15-12-9-6-3)81-75(78)69-66-63-60-57-54-51-48-45-42-31-29-26-23-20-17-14-11-8-5-2/h7,10,16,18-19,21,25-29,32-33,35-36,38-39,41,43,46,72H,4-6,8-9,11-15,17,20,22-24,30-31,34,37,40,42,44-45,47-71H2,1-3H3/b10-7-,19-16-,21-18-,28-25-,29-26-,33-32-,36-35-,39-38-,43-41-,46-27-. The van der Waals surface area contributed by atoms with Crippen molar-refractivity contribution < 1.29 is 28.6 Å². The van der Waals surface area contributed by atoms with E-state index in [0.29, 0.717) is 19.3 Å². The maximum atomic E-state index is 12.9. The number of hydrogen-bond donors (Lipinski definition) is 0. The van der Waals surface area contributed by atoms with Crippen LogP contribution in [0.15, 0.2) is 122 Å². The molecule has 0 rings (SSSR count). The van der Waals surface area contributed by atoms with Crippen molar-refractivity contribution in [2.24, 2.45) is 0 Å². The second-order valence-electron chi connectivity index (χ2n) is 22.3. The van der Waals surface area contributed by atoms with E-state index in [2.05, 4.69) is 142 Å². The van der Waals surface area contributed by atoms with E-state index < -0.39 is 6.10 Å². The fraction of sp³-hybridized carbons (Fsp3) is 0.693. The Kier molecular flexibility index (Phi) is 64.8. The molecule has 0 saturated heterocycles. The summed E-state index contributed by atoms with van der Waals surface area (Å²) in [4.78, 5) is 38.4. The first-order valence-corrected chi connectivity index (χ1v) is 34.0. The van der Waals surface area contributed by atoms with Crippen LogP contribution in [-0.4, -0.2) is 37.2 Å². The summed E-state index contributed by atoms with van der Waals surface area (Å²) in [6.07, 6.45) is 94.9. The molecule has 0 spiro atoms. The number of allylic oxidation sites excluding steroid dienone is 20. The zero-order valence-corrected chi connectivity index (χ0v) is 53.0. The predicted octanol–water partition coefficient (Wildman–Crippen LogP) is 23.6. The normalized spacial score (nSPS) is 12.9. The van der Waals surface area contributed by atoms with Crippen molar-refractivity contribution in [3.63, 3.8) is 0 Å². The number of carbonyl (C=O) groups excluding carboxylic acids is 3. The molecule has 0 radical (unpaired) electrons. The summed E-state index contributed by atoms with van der Waals surface area (Å²) in [5.74, 6) is -0.908. The van der Waals surface area contributed by atoms with Crippen molar-refractivity contribution >= 4 is 17.9 Å². The van der Waals surface area contributed by atoms with Crippen molar-refractivity contribution in [1.82, 2.24) is 0 Å². The molecule has 0 N–H and O–H groups in total. The Morgan fingerprint density at radius 2 is 0.481 bits per heavy atom. The number of ether oxygens (including phenoxy) is 3. The Morgan fingerprint density at radius 3 is 0.790 bits per heavy atom. The first-order valence-electron chi connectivity index (χ1n) is 34.0. The maximum Gasteiger partial charge on any atom is 0.306 e. The topological polar surface area (TPSA) is 78.9 Å². The van der Waals surface area contributed by atoms with Crippen LogP contribution >= 0.6 is 0 Å². The summed E-state index contributed by atoms with van der Waals surface area (Å²) in [6.45, 7) is 6.50. The van der Waals surface area contributed by atoms with Gasteiger partial charge >= 0.3 is 17.9 Å². The van der Waals surface area contributed by atoms with E-state index in [1.165, 1.54) is 141 Å². The summed E-state index contributed by atoms with van der Waals surface area (Å²) in [5, 5.41) is 0. The number of hydrogen-bond acceptors (Lipinski definition) is 6. The minimum atomic E-state index is -0.794. The van der Waals surface area contributed by atoms with Crippen molar-refractivity contribution in [2.45, 2.75) is 322 Å². The largest absolute Gasteiger partial charge is 0.462 e. The first kappa shape index (κ1) is 76.8. The summed E-state index contributed by atoms with van der Waals surface area (Å²) in [6, 6.07) is 0. The van der Waals surface area contributed by atoms with Crippen LogP contribution in [-0.2, 0) is 28.6 Å². The monoisotopic (exact) mass is 1120 g/mol. The van der Waals surface area contributed by atoms with Gasteiger partial charge in [0.05, 0.1) is 0 Å². The molecular weight excluding hydrogens is 997 g/mol. The summed E-state index contributed by atoms with van der Waals surface area (Å²) in [5.41, 5.74) is 0. The number of esters is 3. The lowest BCUT2D eigenvalue weighted by molar-refractivity contribution is -0.167. The third-order valence-electron chi connectivity index (χ3n) is 14.4. The van der Waals surface area contributed by atoms with Crippen molar-refractivity contribution in [3.05, 3.63) is 122 Å². The molecule has 6 nitrogen and oxygen atoms in total. The van der Waals surface area contributed by atoms with Crippen LogP contribution in [0.1, 0.15) is 316 Å². The lowest BCUT2D eigenvalue weighted by atomic mass is 10.1. The highest BCUT2D eigenvalue weighted by molar-refractivity contribution is 5.71. The van der Waals surface area contributed by atoms with E-state index in [1.54, 1.807) is 0 Å². The Morgan fingerprint density at radius 1 is 0.259 bits per heavy atom. The number of unbranched alkanes of at least 4 members (excludes halogenated alkanes) is 30. The van der Waals surface area contributed by atoms with Gasteiger partial charge in [0.15, 0.2) is 6.10 Å². The molecule has 6 heteroatoms. The molecule has 0 aromatic heterocycles. The van der Waals surface area contributed by atoms with Crippen molar-refractivity contribution in [3.8, 4) is 0 Å². The maximum absolute atomic E-state index is 12.9. The quantitative estimate of drug-likeness (QED) is 0.0261. The number of rotatable bonds is 61. The Hall–Kier alpha value is -4.19. The van der Waals surface area contributed by atoms with E-state index in [9.17, 15) is 14.4 Å². The van der Waals surface area contributed by atoms with Crippen LogP contribution in [0.25, 0.3) is 0 Å². The van der Waals surface area contributed by atoms with Crippen LogP contribution in [0, 0.1) is 0 Å². The van der Waals surface area contributed by atoms with Crippen molar-refractivity contribution in [2.75, 3.05) is 13.2 Å². The molecular formula is C75H126O6. The number of carbonyl (C=O) groups is 3. The van der Waals surface area contributed by atoms with Gasteiger partial charge in [-0.25, -0.2) is 0 Å². The Bertz CT molecular complexity index is 1670. The Balaban J connectivity index is 4.37. The van der Waals surface area contributed by atoms with Gasteiger partial charge < -0.3 is 14.2 Å². The highest BCUT2D eigenvalue weighted by atomic mass is 16.6. The minimum absolute atomic E-state index is 0.0904. The fourth-order valence-electron chi connectivity index (χ4n) is 9.33. The van der Waals surface area contributed by atoms with Gasteiger partial charge in [0.1, 0.15) is 13.2 Å². The minimum Gasteiger partial charge on any atom is -0.462 e. The van der Waals surface area contributed by atoms with E-state index >= 15 is 0 Å². The molecule has 0 bridgehead atoms. The molecule has 462 valence electrons. The zero-order chi connectivity index (χ0) is 58.5.